The van der Waals surface area contributed by atoms with E-state index in [-0.39, 0.29) is 23.8 Å². The molecule has 0 radical (unpaired) electrons. The maximum Gasteiger partial charge on any atom is 0.229 e. The summed E-state index contributed by atoms with van der Waals surface area (Å²) < 4.78 is 0. The highest BCUT2D eigenvalue weighted by molar-refractivity contribution is 5.95. The Balaban J connectivity index is 2.85. The molecule has 0 saturated carbocycles. The summed E-state index contributed by atoms with van der Waals surface area (Å²) in [5, 5.41) is 5.83. The number of rotatable bonds is 3. The van der Waals surface area contributed by atoms with Gasteiger partial charge in [-0.1, -0.05) is 39.0 Å². The lowest BCUT2D eigenvalue weighted by molar-refractivity contribution is -0.123. The zero-order valence-electron chi connectivity index (χ0n) is 13.8. The molecule has 0 aliphatic rings. The largest absolute Gasteiger partial charge is 0.351 e. The average molecular weight is 290 g/mol. The number of hydrogen-bond donors (Lipinski definition) is 2. The second-order valence-electron chi connectivity index (χ2n) is 7.34. The van der Waals surface area contributed by atoms with Gasteiger partial charge in [0.15, 0.2) is 0 Å². The standard InChI is InChI=1S/C17H26N2O2/c1-16(2,3)15(21)18-13-10-8-7-9-12(13)11-14(20)19-17(4,5)6/h7-10H,11H2,1-6H3,(H,18,21)(H,19,20). The molecular formula is C17H26N2O2. The van der Waals surface area contributed by atoms with Crippen molar-refractivity contribution in [1.82, 2.24) is 5.32 Å². The van der Waals surface area contributed by atoms with Gasteiger partial charge in [0.25, 0.3) is 0 Å². The molecule has 2 N–H and O–H groups in total. The number of para-hydroxylation sites is 1. The predicted molar refractivity (Wildman–Crippen MR) is 86.1 cm³/mol. The number of carbonyl (C=O) groups is 2. The zero-order valence-corrected chi connectivity index (χ0v) is 13.8. The molecule has 1 aromatic carbocycles. The number of amides is 2. The SMILES string of the molecule is CC(C)(C)NC(=O)Cc1ccccc1NC(=O)C(C)(C)C. The van der Waals surface area contributed by atoms with Crippen LogP contribution in [0, 0.1) is 5.41 Å². The van der Waals surface area contributed by atoms with Crippen molar-refractivity contribution in [1.29, 1.82) is 0 Å². The highest BCUT2D eigenvalue weighted by Crippen LogP contribution is 2.21. The lowest BCUT2D eigenvalue weighted by atomic mass is 9.95. The molecular weight excluding hydrogens is 264 g/mol. The number of benzene rings is 1. The fourth-order valence-corrected chi connectivity index (χ4v) is 1.74. The summed E-state index contributed by atoms with van der Waals surface area (Å²) in [5.41, 5.74) is 0.778. The minimum absolute atomic E-state index is 0.0556. The second-order valence-corrected chi connectivity index (χ2v) is 7.34. The van der Waals surface area contributed by atoms with Crippen LogP contribution in [0.2, 0.25) is 0 Å². The Morgan fingerprint density at radius 2 is 1.57 bits per heavy atom. The Morgan fingerprint density at radius 3 is 2.10 bits per heavy atom. The van der Waals surface area contributed by atoms with Crippen LogP contribution < -0.4 is 10.6 Å². The van der Waals surface area contributed by atoms with E-state index in [0.29, 0.717) is 5.69 Å². The summed E-state index contributed by atoms with van der Waals surface area (Å²) >= 11 is 0. The van der Waals surface area contributed by atoms with Crippen molar-refractivity contribution in [2.24, 2.45) is 5.41 Å². The highest BCUT2D eigenvalue weighted by Gasteiger charge is 2.22. The maximum absolute atomic E-state index is 12.1. The average Bonchev–Trinajstić information content (AvgIpc) is 2.27. The van der Waals surface area contributed by atoms with Gasteiger partial charge >= 0.3 is 0 Å². The molecule has 116 valence electrons. The van der Waals surface area contributed by atoms with Gasteiger partial charge in [-0.25, -0.2) is 0 Å². The molecule has 0 bridgehead atoms. The molecule has 0 aliphatic carbocycles. The van der Waals surface area contributed by atoms with Crippen LogP contribution in [-0.2, 0) is 16.0 Å². The number of anilines is 1. The van der Waals surface area contributed by atoms with Crippen LogP contribution in [0.5, 0.6) is 0 Å². The van der Waals surface area contributed by atoms with Crippen molar-refractivity contribution >= 4 is 17.5 Å². The van der Waals surface area contributed by atoms with Crippen molar-refractivity contribution in [2.45, 2.75) is 53.5 Å². The minimum atomic E-state index is -0.471. The Kier molecular flexibility index (Phi) is 5.15. The smallest absolute Gasteiger partial charge is 0.229 e. The van der Waals surface area contributed by atoms with Crippen molar-refractivity contribution in [2.75, 3.05) is 5.32 Å². The van der Waals surface area contributed by atoms with E-state index in [0.717, 1.165) is 5.56 Å². The van der Waals surface area contributed by atoms with Crippen LogP contribution in [0.4, 0.5) is 5.69 Å². The van der Waals surface area contributed by atoms with Gasteiger partial charge in [-0.2, -0.15) is 0 Å². The van der Waals surface area contributed by atoms with Crippen LogP contribution in [0.15, 0.2) is 24.3 Å². The van der Waals surface area contributed by atoms with E-state index in [1.165, 1.54) is 0 Å². The third-order valence-corrected chi connectivity index (χ3v) is 2.81. The van der Waals surface area contributed by atoms with Gasteiger partial charge < -0.3 is 10.6 Å². The lowest BCUT2D eigenvalue weighted by Crippen LogP contribution is -2.41. The van der Waals surface area contributed by atoms with Gasteiger partial charge in [0.1, 0.15) is 0 Å². The van der Waals surface area contributed by atoms with Crippen molar-refractivity contribution in [3.8, 4) is 0 Å². The molecule has 0 aliphatic heterocycles. The van der Waals surface area contributed by atoms with Crippen LogP contribution in [0.1, 0.15) is 47.1 Å². The predicted octanol–water partition coefficient (Wildman–Crippen LogP) is 3.13. The first-order valence-corrected chi connectivity index (χ1v) is 7.19. The second kappa shape index (κ2) is 6.29. The number of hydrogen-bond acceptors (Lipinski definition) is 2. The molecule has 0 atom stereocenters. The summed E-state index contributed by atoms with van der Waals surface area (Å²) in [5.74, 6) is -0.119. The summed E-state index contributed by atoms with van der Waals surface area (Å²) in [4.78, 5) is 24.1. The van der Waals surface area contributed by atoms with Crippen LogP contribution in [0.3, 0.4) is 0 Å². The fraction of sp³-hybridized carbons (Fsp3) is 0.529. The van der Waals surface area contributed by atoms with E-state index in [1.54, 1.807) is 0 Å². The molecule has 21 heavy (non-hydrogen) atoms. The van der Waals surface area contributed by atoms with Gasteiger partial charge in [-0.3, -0.25) is 9.59 Å². The Labute approximate surface area is 127 Å². The number of nitrogens with one attached hydrogen (secondary N) is 2. The highest BCUT2D eigenvalue weighted by atomic mass is 16.2. The first-order chi connectivity index (χ1) is 9.49. The van der Waals surface area contributed by atoms with E-state index in [1.807, 2.05) is 65.8 Å². The molecule has 1 aromatic rings. The fourth-order valence-electron chi connectivity index (χ4n) is 1.74. The van der Waals surface area contributed by atoms with Crippen molar-refractivity contribution in [3.63, 3.8) is 0 Å². The van der Waals surface area contributed by atoms with Gasteiger partial charge in [0.2, 0.25) is 11.8 Å². The monoisotopic (exact) mass is 290 g/mol. The van der Waals surface area contributed by atoms with Crippen LogP contribution in [-0.4, -0.2) is 17.4 Å². The molecule has 0 aromatic heterocycles. The molecule has 4 nitrogen and oxygen atoms in total. The van der Waals surface area contributed by atoms with E-state index in [2.05, 4.69) is 10.6 Å². The first-order valence-electron chi connectivity index (χ1n) is 7.19. The van der Waals surface area contributed by atoms with Crippen molar-refractivity contribution < 1.29 is 9.59 Å². The van der Waals surface area contributed by atoms with Gasteiger partial charge in [0.05, 0.1) is 6.42 Å². The summed E-state index contributed by atoms with van der Waals surface area (Å²) in [7, 11) is 0. The lowest BCUT2D eigenvalue weighted by Gasteiger charge is -2.22. The third kappa shape index (κ3) is 5.98. The zero-order chi connectivity index (χ0) is 16.3. The van der Waals surface area contributed by atoms with E-state index in [9.17, 15) is 9.59 Å². The summed E-state index contributed by atoms with van der Waals surface area (Å²) in [6, 6.07) is 7.40. The third-order valence-electron chi connectivity index (χ3n) is 2.81. The molecule has 0 unspecified atom stereocenters. The molecule has 2 amide bonds. The minimum Gasteiger partial charge on any atom is -0.351 e. The molecule has 0 saturated heterocycles. The molecule has 4 heteroatoms. The van der Waals surface area contributed by atoms with E-state index in [4.69, 9.17) is 0 Å². The topological polar surface area (TPSA) is 58.2 Å². The van der Waals surface area contributed by atoms with E-state index >= 15 is 0 Å². The van der Waals surface area contributed by atoms with Crippen molar-refractivity contribution in [3.05, 3.63) is 29.8 Å². The summed E-state index contributed by atoms with van der Waals surface area (Å²) in [6.07, 6.45) is 0.248. The molecule has 1 rings (SSSR count). The number of carbonyl (C=O) groups excluding carboxylic acids is 2. The van der Waals surface area contributed by atoms with Crippen LogP contribution >= 0.6 is 0 Å². The Morgan fingerprint density at radius 1 is 1.00 bits per heavy atom. The van der Waals surface area contributed by atoms with Gasteiger partial charge in [0, 0.05) is 16.6 Å². The molecule has 0 fully saturated rings. The Bertz CT molecular complexity index is 522. The van der Waals surface area contributed by atoms with Crippen LogP contribution in [0.25, 0.3) is 0 Å². The molecule has 0 heterocycles. The maximum atomic E-state index is 12.1. The normalized spacial score (nSPS) is 11.9. The first kappa shape index (κ1) is 17.2. The molecule has 0 spiro atoms. The Hall–Kier alpha value is -1.84. The van der Waals surface area contributed by atoms with E-state index < -0.39 is 5.41 Å². The van der Waals surface area contributed by atoms with Gasteiger partial charge in [-0.05, 0) is 32.4 Å². The summed E-state index contributed by atoms with van der Waals surface area (Å²) in [6.45, 7) is 11.4. The van der Waals surface area contributed by atoms with Gasteiger partial charge in [-0.15, -0.1) is 0 Å². The quantitative estimate of drug-likeness (QED) is 0.898.